The van der Waals surface area contributed by atoms with Crippen molar-refractivity contribution in [2.24, 2.45) is 0 Å². The molecule has 2 aromatic carbocycles. The monoisotopic (exact) mass is 420 g/mol. The zero-order valence-corrected chi connectivity index (χ0v) is 18.0. The number of hydrogen-bond donors (Lipinski definition) is 0. The third-order valence-corrected chi connectivity index (χ3v) is 4.98. The summed E-state index contributed by atoms with van der Waals surface area (Å²) in [5.74, 6) is 2.23. The summed E-state index contributed by atoms with van der Waals surface area (Å²) in [4.78, 5) is 16.6. The molecule has 1 aliphatic heterocycles. The van der Waals surface area contributed by atoms with Gasteiger partial charge in [0, 0.05) is 13.1 Å². The number of hydrogen-bond acceptors (Lipinski definition) is 5. The Labute approximate surface area is 178 Å². The molecule has 0 N–H and O–H groups in total. The van der Waals surface area contributed by atoms with E-state index < -0.39 is 0 Å². The predicted octanol–water partition coefficient (Wildman–Crippen LogP) is 3.48. The molecule has 0 fully saturated rings. The van der Waals surface area contributed by atoms with Crippen molar-refractivity contribution in [3.63, 3.8) is 0 Å². The third kappa shape index (κ3) is 5.78. The van der Waals surface area contributed by atoms with E-state index in [1.54, 1.807) is 19.1 Å². The summed E-state index contributed by atoms with van der Waals surface area (Å²) in [6.07, 6.45) is 1.83. The zero-order valence-electron chi connectivity index (χ0n) is 17.2. The van der Waals surface area contributed by atoms with E-state index in [4.69, 9.17) is 14.2 Å². The molecule has 1 amide bonds. The van der Waals surface area contributed by atoms with Gasteiger partial charge in [0.15, 0.2) is 18.2 Å². The maximum Gasteiger partial charge on any atom is 0.260 e. The van der Waals surface area contributed by atoms with Crippen LogP contribution in [0.4, 0.5) is 0 Å². The quantitative estimate of drug-likeness (QED) is 0.621. The van der Waals surface area contributed by atoms with Gasteiger partial charge in [0.2, 0.25) is 0 Å². The first-order valence-corrected chi connectivity index (χ1v) is 9.53. The number of carbonyl (C=O) groups is 1. The van der Waals surface area contributed by atoms with E-state index in [2.05, 4.69) is 18.0 Å². The molecule has 0 spiro atoms. The average Bonchev–Trinajstić information content (AvgIpc) is 2.73. The number of fused-ring (bicyclic) bond motifs is 1. The lowest BCUT2D eigenvalue weighted by Gasteiger charge is -2.29. The lowest BCUT2D eigenvalue weighted by Crippen LogP contribution is -2.40. The van der Waals surface area contributed by atoms with Crippen molar-refractivity contribution in [1.29, 1.82) is 0 Å². The molecule has 0 bridgehead atoms. The normalized spacial score (nSPS) is 12.8. The number of halogens is 1. The lowest BCUT2D eigenvalue weighted by atomic mass is 10.1. The maximum absolute atomic E-state index is 12.5. The van der Waals surface area contributed by atoms with Crippen LogP contribution in [0.15, 0.2) is 42.5 Å². The number of rotatable bonds is 9. The molecular formula is C22H29ClN2O4. The number of para-hydroxylation sites is 1. The Balaban J connectivity index is 0.00000300. The first-order valence-electron chi connectivity index (χ1n) is 9.53. The van der Waals surface area contributed by atoms with Crippen LogP contribution >= 0.6 is 12.4 Å². The Morgan fingerprint density at radius 3 is 2.59 bits per heavy atom. The molecule has 6 nitrogen and oxygen atoms in total. The Kier molecular flexibility index (Phi) is 8.61. The van der Waals surface area contributed by atoms with Crippen LogP contribution in [0.1, 0.15) is 22.3 Å². The van der Waals surface area contributed by atoms with Gasteiger partial charge in [0.25, 0.3) is 5.91 Å². The first kappa shape index (κ1) is 22.8. The largest absolute Gasteiger partial charge is 0.493 e. The van der Waals surface area contributed by atoms with Crippen molar-refractivity contribution >= 4 is 18.3 Å². The van der Waals surface area contributed by atoms with Gasteiger partial charge < -0.3 is 24.0 Å². The third-order valence-electron chi connectivity index (χ3n) is 4.98. The minimum atomic E-state index is 0. The van der Waals surface area contributed by atoms with E-state index in [0.717, 1.165) is 37.4 Å². The van der Waals surface area contributed by atoms with Gasteiger partial charge in [-0.1, -0.05) is 18.2 Å². The SMILES string of the molecule is COc1ccc(CCN(C)CCCN2COc3ccccc3C2=O)cc1OC.Cl. The zero-order chi connectivity index (χ0) is 19.9. The van der Waals surface area contributed by atoms with Gasteiger partial charge in [-0.05, 0) is 56.3 Å². The molecule has 158 valence electrons. The summed E-state index contributed by atoms with van der Waals surface area (Å²) in [6.45, 7) is 2.86. The minimum absolute atomic E-state index is 0. The number of amides is 1. The Hall–Kier alpha value is -2.44. The Bertz CT molecular complexity index is 815. The van der Waals surface area contributed by atoms with Gasteiger partial charge in [-0.15, -0.1) is 12.4 Å². The fourth-order valence-corrected chi connectivity index (χ4v) is 3.31. The molecule has 29 heavy (non-hydrogen) atoms. The van der Waals surface area contributed by atoms with Gasteiger partial charge in [-0.2, -0.15) is 0 Å². The van der Waals surface area contributed by atoms with Gasteiger partial charge in [0.1, 0.15) is 5.75 Å². The molecular weight excluding hydrogens is 392 g/mol. The Morgan fingerprint density at radius 1 is 1.07 bits per heavy atom. The van der Waals surface area contributed by atoms with Crippen molar-refractivity contribution in [2.75, 3.05) is 47.6 Å². The molecule has 0 unspecified atom stereocenters. The number of ether oxygens (including phenoxy) is 3. The number of likely N-dealkylation sites (N-methyl/N-ethyl adjacent to an activating group) is 1. The smallest absolute Gasteiger partial charge is 0.260 e. The van der Waals surface area contributed by atoms with Crippen LogP contribution in [0, 0.1) is 0 Å². The highest BCUT2D eigenvalue weighted by molar-refractivity contribution is 5.97. The molecule has 0 saturated heterocycles. The molecule has 0 saturated carbocycles. The number of methoxy groups -OCH3 is 2. The van der Waals surface area contributed by atoms with E-state index in [0.29, 0.717) is 24.6 Å². The van der Waals surface area contributed by atoms with Gasteiger partial charge >= 0.3 is 0 Å². The summed E-state index contributed by atoms with van der Waals surface area (Å²) in [5.41, 5.74) is 1.86. The second kappa shape index (κ2) is 10.9. The van der Waals surface area contributed by atoms with Crippen molar-refractivity contribution < 1.29 is 19.0 Å². The molecule has 1 heterocycles. The standard InChI is InChI=1S/C22H28N2O4.ClH/c1-23(14-11-17-9-10-20(26-2)21(15-17)27-3)12-6-13-24-16-28-19-8-5-4-7-18(19)22(24)25;/h4-5,7-10,15H,6,11-14,16H2,1-3H3;1H. The number of carbonyl (C=O) groups excluding carboxylic acids is 1. The van der Waals surface area contributed by atoms with Crippen LogP contribution in [0.2, 0.25) is 0 Å². The highest BCUT2D eigenvalue weighted by Crippen LogP contribution is 2.28. The van der Waals surface area contributed by atoms with E-state index in [1.807, 2.05) is 36.4 Å². The van der Waals surface area contributed by atoms with Crippen molar-refractivity contribution in [3.05, 3.63) is 53.6 Å². The van der Waals surface area contributed by atoms with Crippen LogP contribution in [0.25, 0.3) is 0 Å². The minimum Gasteiger partial charge on any atom is -0.493 e. The molecule has 1 aliphatic rings. The molecule has 0 radical (unpaired) electrons. The van der Waals surface area contributed by atoms with Gasteiger partial charge in [0.05, 0.1) is 19.8 Å². The van der Waals surface area contributed by atoms with Gasteiger partial charge in [-0.25, -0.2) is 0 Å². The maximum atomic E-state index is 12.5. The number of nitrogens with zero attached hydrogens (tertiary/aromatic N) is 2. The topological polar surface area (TPSA) is 51.2 Å². The van der Waals surface area contributed by atoms with Crippen LogP contribution in [-0.2, 0) is 6.42 Å². The molecule has 2 aromatic rings. The van der Waals surface area contributed by atoms with E-state index >= 15 is 0 Å². The predicted molar refractivity (Wildman–Crippen MR) is 116 cm³/mol. The second-order valence-corrected chi connectivity index (χ2v) is 6.93. The highest BCUT2D eigenvalue weighted by atomic mass is 35.5. The van der Waals surface area contributed by atoms with E-state index in [9.17, 15) is 4.79 Å². The van der Waals surface area contributed by atoms with Crippen molar-refractivity contribution in [1.82, 2.24) is 9.80 Å². The van der Waals surface area contributed by atoms with Gasteiger partial charge in [-0.3, -0.25) is 4.79 Å². The summed E-state index contributed by atoms with van der Waals surface area (Å²) in [7, 11) is 5.39. The van der Waals surface area contributed by atoms with Crippen LogP contribution in [0.3, 0.4) is 0 Å². The van der Waals surface area contributed by atoms with Crippen LogP contribution in [0.5, 0.6) is 17.2 Å². The average molecular weight is 421 g/mol. The molecule has 0 aromatic heterocycles. The first-order chi connectivity index (χ1) is 13.6. The summed E-state index contributed by atoms with van der Waals surface area (Å²) < 4.78 is 16.3. The second-order valence-electron chi connectivity index (χ2n) is 6.93. The molecule has 3 rings (SSSR count). The van der Waals surface area contributed by atoms with Crippen molar-refractivity contribution in [2.45, 2.75) is 12.8 Å². The van der Waals surface area contributed by atoms with Crippen LogP contribution in [-0.4, -0.2) is 63.3 Å². The summed E-state index contributed by atoms with van der Waals surface area (Å²) in [5, 5.41) is 0. The fraction of sp³-hybridized carbons (Fsp3) is 0.409. The van der Waals surface area contributed by atoms with E-state index in [1.165, 1.54) is 5.56 Å². The summed E-state index contributed by atoms with van der Waals surface area (Å²) >= 11 is 0. The number of benzene rings is 2. The van der Waals surface area contributed by atoms with E-state index in [-0.39, 0.29) is 18.3 Å². The molecule has 7 heteroatoms. The van der Waals surface area contributed by atoms with Crippen LogP contribution < -0.4 is 14.2 Å². The highest BCUT2D eigenvalue weighted by Gasteiger charge is 2.24. The van der Waals surface area contributed by atoms with Crippen molar-refractivity contribution in [3.8, 4) is 17.2 Å². The Morgan fingerprint density at radius 2 is 1.83 bits per heavy atom. The molecule has 0 atom stereocenters. The lowest BCUT2D eigenvalue weighted by molar-refractivity contribution is 0.0512. The fourth-order valence-electron chi connectivity index (χ4n) is 3.31. The summed E-state index contributed by atoms with van der Waals surface area (Å²) in [6, 6.07) is 13.4. The molecule has 0 aliphatic carbocycles.